The Labute approximate surface area is 139 Å². The molecule has 2 N–H and O–H groups in total. The van der Waals surface area contributed by atoms with Gasteiger partial charge in [-0.25, -0.2) is 0 Å². The predicted octanol–water partition coefficient (Wildman–Crippen LogP) is 2.19. The first kappa shape index (κ1) is 18.6. The van der Waals surface area contributed by atoms with Crippen molar-refractivity contribution in [2.45, 2.75) is 26.2 Å². The van der Waals surface area contributed by atoms with E-state index >= 15 is 0 Å². The lowest BCUT2D eigenvalue weighted by Gasteiger charge is -2.21. The minimum absolute atomic E-state index is 0.0410. The molecule has 0 saturated carbocycles. The van der Waals surface area contributed by atoms with Gasteiger partial charge < -0.3 is 15.3 Å². The summed E-state index contributed by atoms with van der Waals surface area (Å²) in [6.45, 7) is 3.30. The fourth-order valence-electron chi connectivity index (χ4n) is 1.98. The van der Waals surface area contributed by atoms with E-state index in [2.05, 4.69) is 28.2 Å². The van der Waals surface area contributed by atoms with E-state index in [0.717, 1.165) is 17.3 Å². The van der Waals surface area contributed by atoms with Gasteiger partial charge in [-0.05, 0) is 30.7 Å². The lowest BCUT2D eigenvalue weighted by atomic mass is 10.2. The van der Waals surface area contributed by atoms with Crippen molar-refractivity contribution in [3.63, 3.8) is 0 Å². The Morgan fingerprint density at radius 1 is 1.23 bits per heavy atom. The van der Waals surface area contributed by atoms with E-state index in [1.165, 1.54) is 0 Å². The highest BCUT2D eigenvalue weighted by molar-refractivity contribution is 9.10. The molecule has 0 spiro atoms. The van der Waals surface area contributed by atoms with Gasteiger partial charge in [0.1, 0.15) is 0 Å². The third-order valence-electron chi connectivity index (χ3n) is 3.24. The number of hydrogen-bond donors (Lipinski definition) is 2. The molecule has 0 aromatic heterocycles. The summed E-state index contributed by atoms with van der Waals surface area (Å²) in [6, 6.07) is 7.04. The minimum Gasteiger partial charge on any atom is -0.395 e. The molecule has 0 heterocycles. The zero-order chi connectivity index (χ0) is 16.4. The monoisotopic (exact) mass is 370 g/mol. The van der Waals surface area contributed by atoms with E-state index in [1.807, 2.05) is 0 Å². The second-order valence-corrected chi connectivity index (χ2v) is 5.89. The van der Waals surface area contributed by atoms with Crippen molar-refractivity contribution in [2.24, 2.45) is 0 Å². The fraction of sp³-hybridized carbons (Fsp3) is 0.500. The number of benzene rings is 1. The van der Waals surface area contributed by atoms with Gasteiger partial charge >= 0.3 is 0 Å². The van der Waals surface area contributed by atoms with Crippen LogP contribution < -0.4 is 5.32 Å². The molecule has 2 amide bonds. The number of unbranched alkanes of at least 4 members (excludes halogenated alkanes) is 1. The number of aliphatic hydroxyl groups is 1. The molecule has 0 unspecified atom stereocenters. The smallest absolute Gasteiger partial charge is 0.251 e. The number of carbonyl (C=O) groups is 2. The highest BCUT2D eigenvalue weighted by atomic mass is 79.9. The molecule has 0 fully saturated rings. The van der Waals surface area contributed by atoms with E-state index < -0.39 is 0 Å². The van der Waals surface area contributed by atoms with Crippen molar-refractivity contribution in [3.8, 4) is 0 Å². The van der Waals surface area contributed by atoms with Gasteiger partial charge in [-0.2, -0.15) is 0 Å². The molecule has 22 heavy (non-hydrogen) atoms. The molecule has 1 aromatic rings. The first-order valence-corrected chi connectivity index (χ1v) is 8.30. The van der Waals surface area contributed by atoms with Crippen LogP contribution in [0.4, 0.5) is 0 Å². The molecule has 1 aromatic carbocycles. The largest absolute Gasteiger partial charge is 0.395 e. The van der Waals surface area contributed by atoms with Crippen molar-refractivity contribution in [3.05, 3.63) is 34.3 Å². The molecule has 0 aliphatic carbocycles. The van der Waals surface area contributed by atoms with Crippen LogP contribution >= 0.6 is 15.9 Å². The summed E-state index contributed by atoms with van der Waals surface area (Å²) in [6.07, 6.45) is 2.15. The van der Waals surface area contributed by atoms with E-state index in [1.54, 1.807) is 29.2 Å². The number of nitrogens with zero attached hydrogens (tertiary/aromatic N) is 1. The molecule has 6 heteroatoms. The Hall–Kier alpha value is -1.40. The maximum Gasteiger partial charge on any atom is 0.251 e. The SMILES string of the molecule is CCCCN(CCO)C(=O)CCNC(=O)c1ccc(Br)cc1. The average Bonchev–Trinajstić information content (AvgIpc) is 2.51. The van der Waals surface area contributed by atoms with Crippen molar-refractivity contribution in [1.29, 1.82) is 0 Å². The summed E-state index contributed by atoms with van der Waals surface area (Å²) in [5, 5.41) is 11.7. The third kappa shape index (κ3) is 6.58. The first-order valence-electron chi connectivity index (χ1n) is 7.51. The van der Waals surface area contributed by atoms with Crippen LogP contribution in [0, 0.1) is 0 Å². The Bertz CT molecular complexity index is 477. The Balaban J connectivity index is 2.39. The van der Waals surface area contributed by atoms with Crippen LogP contribution in [0.15, 0.2) is 28.7 Å². The lowest BCUT2D eigenvalue weighted by Crippen LogP contribution is -2.37. The summed E-state index contributed by atoms with van der Waals surface area (Å²) < 4.78 is 0.912. The lowest BCUT2D eigenvalue weighted by molar-refractivity contribution is -0.131. The van der Waals surface area contributed by atoms with Gasteiger partial charge in [0.05, 0.1) is 6.61 Å². The van der Waals surface area contributed by atoms with E-state index in [0.29, 0.717) is 25.2 Å². The summed E-state index contributed by atoms with van der Waals surface area (Å²) >= 11 is 3.32. The molecule has 0 saturated heterocycles. The van der Waals surface area contributed by atoms with Gasteiger partial charge in [0, 0.05) is 36.1 Å². The highest BCUT2D eigenvalue weighted by Gasteiger charge is 2.13. The van der Waals surface area contributed by atoms with Crippen molar-refractivity contribution in [2.75, 3.05) is 26.2 Å². The Morgan fingerprint density at radius 2 is 1.91 bits per heavy atom. The number of amides is 2. The molecular weight excluding hydrogens is 348 g/mol. The van der Waals surface area contributed by atoms with Gasteiger partial charge in [0.15, 0.2) is 0 Å². The zero-order valence-corrected chi connectivity index (χ0v) is 14.4. The second kappa shape index (κ2) is 10.3. The molecule has 0 radical (unpaired) electrons. The molecule has 0 atom stereocenters. The molecule has 0 aliphatic rings. The number of rotatable bonds is 9. The molecule has 1 rings (SSSR count). The normalized spacial score (nSPS) is 10.3. The molecular formula is C16H23BrN2O3. The quantitative estimate of drug-likeness (QED) is 0.699. The van der Waals surface area contributed by atoms with Crippen molar-refractivity contribution >= 4 is 27.7 Å². The highest BCUT2D eigenvalue weighted by Crippen LogP contribution is 2.10. The first-order chi connectivity index (χ1) is 10.6. The van der Waals surface area contributed by atoms with Crippen molar-refractivity contribution in [1.82, 2.24) is 10.2 Å². The van der Waals surface area contributed by atoms with Crippen LogP contribution in [0.1, 0.15) is 36.5 Å². The van der Waals surface area contributed by atoms with Crippen LogP contribution in [0.2, 0.25) is 0 Å². The predicted molar refractivity (Wildman–Crippen MR) is 89.7 cm³/mol. The van der Waals surface area contributed by atoms with E-state index in [-0.39, 0.29) is 24.8 Å². The molecule has 0 bridgehead atoms. The van der Waals surface area contributed by atoms with Crippen LogP contribution in [-0.4, -0.2) is 48.1 Å². The summed E-state index contributed by atoms with van der Waals surface area (Å²) in [7, 11) is 0. The number of nitrogens with one attached hydrogen (secondary N) is 1. The maximum absolute atomic E-state index is 12.1. The summed E-state index contributed by atoms with van der Waals surface area (Å²) in [5.41, 5.74) is 0.564. The molecule has 122 valence electrons. The number of carbonyl (C=O) groups excluding carboxylic acids is 2. The van der Waals surface area contributed by atoms with E-state index in [9.17, 15) is 9.59 Å². The van der Waals surface area contributed by atoms with Crippen LogP contribution in [-0.2, 0) is 4.79 Å². The third-order valence-corrected chi connectivity index (χ3v) is 3.76. The van der Waals surface area contributed by atoms with Gasteiger partial charge in [-0.1, -0.05) is 29.3 Å². The van der Waals surface area contributed by atoms with E-state index in [4.69, 9.17) is 5.11 Å². The van der Waals surface area contributed by atoms with Gasteiger partial charge in [0.25, 0.3) is 5.91 Å². The fourth-order valence-corrected chi connectivity index (χ4v) is 2.24. The zero-order valence-electron chi connectivity index (χ0n) is 12.8. The topological polar surface area (TPSA) is 69.6 Å². The van der Waals surface area contributed by atoms with Crippen LogP contribution in [0.5, 0.6) is 0 Å². The second-order valence-electron chi connectivity index (χ2n) is 4.97. The van der Waals surface area contributed by atoms with Gasteiger partial charge in [0.2, 0.25) is 5.91 Å². The average molecular weight is 371 g/mol. The summed E-state index contributed by atoms with van der Waals surface area (Å²) in [5.74, 6) is -0.235. The standard InChI is InChI=1S/C16H23BrN2O3/c1-2-3-10-19(11-12-20)15(21)8-9-18-16(22)13-4-6-14(17)7-5-13/h4-7,20H,2-3,8-12H2,1H3,(H,18,22). The van der Waals surface area contributed by atoms with Gasteiger partial charge in [-0.15, -0.1) is 0 Å². The van der Waals surface area contributed by atoms with Crippen LogP contribution in [0.3, 0.4) is 0 Å². The number of aliphatic hydroxyl groups excluding tert-OH is 1. The minimum atomic E-state index is -0.192. The Kier molecular flexibility index (Phi) is 8.77. The number of halogens is 1. The van der Waals surface area contributed by atoms with Crippen molar-refractivity contribution < 1.29 is 14.7 Å². The van der Waals surface area contributed by atoms with Crippen LogP contribution in [0.25, 0.3) is 0 Å². The maximum atomic E-state index is 12.1. The number of hydrogen-bond acceptors (Lipinski definition) is 3. The Morgan fingerprint density at radius 3 is 2.50 bits per heavy atom. The molecule has 5 nitrogen and oxygen atoms in total. The molecule has 0 aliphatic heterocycles. The van der Waals surface area contributed by atoms with Gasteiger partial charge in [-0.3, -0.25) is 9.59 Å². The summed E-state index contributed by atoms with van der Waals surface area (Å²) in [4.78, 5) is 25.6.